The Balaban J connectivity index is 0.954. The van der Waals surface area contributed by atoms with Crippen LogP contribution in [-0.4, -0.2) is 11.3 Å². The molecule has 2 aliphatic heterocycles. The summed E-state index contributed by atoms with van der Waals surface area (Å²) < 4.78 is 8.89. The van der Waals surface area contributed by atoms with Crippen molar-refractivity contribution >= 4 is 118 Å². The first-order valence-corrected chi connectivity index (χ1v) is 30.9. The van der Waals surface area contributed by atoms with E-state index in [2.05, 4.69) is 321 Å². The maximum atomic E-state index is 6.46. The molecule has 0 unspecified atom stereocenters. The maximum absolute atomic E-state index is 6.46. The van der Waals surface area contributed by atoms with Gasteiger partial charge in [-0.05, 0) is 213 Å². The maximum Gasteiger partial charge on any atom is 0.252 e. The van der Waals surface area contributed by atoms with Crippen molar-refractivity contribution in [3.63, 3.8) is 0 Å². The number of hydrogen-bond acceptors (Lipinski definition) is 4. The smallest absolute Gasteiger partial charge is 0.252 e. The van der Waals surface area contributed by atoms with E-state index in [1.165, 1.54) is 88.7 Å². The summed E-state index contributed by atoms with van der Waals surface area (Å²) in [6.45, 7) is 27.6. The van der Waals surface area contributed by atoms with E-state index in [4.69, 9.17) is 4.42 Å². The fraction of sp³-hybridized carbons (Fsp3) is 0.185. The Morgan fingerprint density at radius 3 is 1.56 bits per heavy atom. The van der Waals surface area contributed by atoms with Crippen molar-refractivity contribution < 1.29 is 4.42 Å². The predicted molar refractivity (Wildman–Crippen MR) is 373 cm³/mol. The molecular weight excluding hydrogens is 1060 g/mol. The molecule has 2 aromatic heterocycles. The van der Waals surface area contributed by atoms with Crippen molar-refractivity contribution in [1.29, 1.82) is 0 Å². The van der Waals surface area contributed by atoms with Crippen molar-refractivity contribution in [1.82, 2.24) is 4.57 Å². The van der Waals surface area contributed by atoms with Gasteiger partial charge in [0.05, 0.1) is 11.0 Å². The summed E-state index contributed by atoms with van der Waals surface area (Å²) in [6.07, 6.45) is 0. The zero-order valence-electron chi connectivity index (χ0n) is 52.1. The number of hydrogen-bond donors (Lipinski definition) is 0. The fourth-order valence-corrected chi connectivity index (χ4v) is 14.3. The molecule has 0 N–H and O–H groups in total. The Hall–Kier alpha value is -9.52. The second kappa shape index (κ2) is 19.8. The van der Waals surface area contributed by atoms with E-state index in [9.17, 15) is 0 Å². The average molecular weight is 1130 g/mol. The van der Waals surface area contributed by atoms with Gasteiger partial charge in [0.1, 0.15) is 11.2 Å². The monoisotopic (exact) mass is 1130 g/mol. The molecule has 0 fully saturated rings. The van der Waals surface area contributed by atoms with Crippen LogP contribution in [0.5, 0.6) is 0 Å². The molecular formula is C81H73BN4O. The van der Waals surface area contributed by atoms with Crippen LogP contribution in [0.2, 0.25) is 0 Å². The second-order valence-corrected chi connectivity index (χ2v) is 27.7. The van der Waals surface area contributed by atoms with Gasteiger partial charge >= 0.3 is 0 Å². The lowest BCUT2D eigenvalue weighted by atomic mass is 9.33. The molecule has 0 radical (unpaired) electrons. The molecule has 87 heavy (non-hydrogen) atoms. The molecule has 0 bridgehead atoms. The summed E-state index contributed by atoms with van der Waals surface area (Å²) in [7, 11) is 0. The highest BCUT2D eigenvalue weighted by Crippen LogP contribution is 2.49. The molecule has 0 saturated carbocycles. The largest absolute Gasteiger partial charge is 0.456 e. The lowest BCUT2D eigenvalue weighted by molar-refractivity contribution is 0.590. The van der Waals surface area contributed by atoms with Crippen LogP contribution in [0.1, 0.15) is 95.7 Å². The molecule has 0 saturated heterocycles. The van der Waals surface area contributed by atoms with E-state index in [1.807, 2.05) is 6.07 Å². The standard InChI is InChI=1S/C81H73BN4O/c1-50-42-73-78-74(43-50)86(62-44-51(2)77(52(3)45-62)53-26-38-66-65-23-17-19-25-75(65)87-76(66)46-53)71-47-56(81(10,11)12)31-40-67(71)82(78)68-41-37-61(49-72(68)85(73)59-34-29-55(30-35-59)80(7,8)9)83(58-32-27-54(28-33-58)79(4,5)6)60-36-39-64-63-22-16-18-24-69(63)84(70(64)48-60)57-20-14-13-15-21-57/h13-49H,1-12H3. The summed E-state index contributed by atoms with van der Waals surface area (Å²) in [6, 6.07) is 84.8. The van der Waals surface area contributed by atoms with Crippen LogP contribution < -0.4 is 31.1 Å². The molecule has 11 aromatic carbocycles. The minimum Gasteiger partial charge on any atom is -0.456 e. The summed E-state index contributed by atoms with van der Waals surface area (Å²) in [5.74, 6) is 0. The van der Waals surface area contributed by atoms with E-state index in [0.717, 1.165) is 72.8 Å². The number of nitrogens with zero attached hydrogens (tertiary/aromatic N) is 4. The Morgan fingerprint density at radius 2 is 0.885 bits per heavy atom. The second-order valence-electron chi connectivity index (χ2n) is 27.7. The minimum absolute atomic E-state index is 0.00888. The van der Waals surface area contributed by atoms with Crippen LogP contribution in [0, 0.1) is 20.8 Å². The molecule has 6 heteroatoms. The number of anilines is 9. The van der Waals surface area contributed by atoms with Crippen LogP contribution in [-0.2, 0) is 16.2 Å². The third-order valence-electron chi connectivity index (χ3n) is 18.7. The van der Waals surface area contributed by atoms with Crippen molar-refractivity contribution in [3.8, 4) is 16.8 Å². The minimum atomic E-state index is -0.0911. The van der Waals surface area contributed by atoms with Crippen molar-refractivity contribution in [2.45, 2.75) is 99.3 Å². The molecule has 15 rings (SSSR count). The Morgan fingerprint density at radius 1 is 0.368 bits per heavy atom. The summed E-state index contributed by atoms with van der Waals surface area (Å²) in [5, 5.41) is 4.74. The Labute approximate surface area is 512 Å². The third-order valence-corrected chi connectivity index (χ3v) is 18.7. The summed E-state index contributed by atoms with van der Waals surface area (Å²) in [5.41, 5.74) is 29.3. The molecule has 13 aromatic rings. The Bertz CT molecular complexity index is 4890. The number of para-hydroxylation sites is 3. The number of rotatable bonds is 7. The van der Waals surface area contributed by atoms with Gasteiger partial charge in [0.25, 0.3) is 6.71 Å². The first kappa shape index (κ1) is 54.2. The van der Waals surface area contributed by atoms with Crippen molar-refractivity contribution in [3.05, 3.63) is 258 Å². The molecule has 4 heterocycles. The van der Waals surface area contributed by atoms with Gasteiger partial charge in [0.2, 0.25) is 0 Å². The molecule has 426 valence electrons. The lowest BCUT2D eigenvalue weighted by Gasteiger charge is -2.45. The number of fused-ring (bicyclic) bond motifs is 10. The topological polar surface area (TPSA) is 27.8 Å². The van der Waals surface area contributed by atoms with Gasteiger partial charge in [-0.15, -0.1) is 0 Å². The lowest BCUT2D eigenvalue weighted by Crippen LogP contribution is -2.61. The van der Waals surface area contributed by atoms with Crippen LogP contribution in [0.15, 0.2) is 229 Å². The molecule has 0 spiro atoms. The van der Waals surface area contributed by atoms with Gasteiger partial charge in [-0.25, -0.2) is 0 Å². The van der Waals surface area contributed by atoms with Gasteiger partial charge in [0.15, 0.2) is 0 Å². The summed E-state index contributed by atoms with van der Waals surface area (Å²) >= 11 is 0. The third kappa shape index (κ3) is 8.89. The van der Waals surface area contributed by atoms with E-state index in [-0.39, 0.29) is 23.0 Å². The van der Waals surface area contributed by atoms with Gasteiger partial charge in [-0.2, -0.15) is 0 Å². The molecule has 5 nitrogen and oxygen atoms in total. The Kier molecular flexibility index (Phi) is 12.3. The van der Waals surface area contributed by atoms with Gasteiger partial charge in [-0.3, -0.25) is 0 Å². The van der Waals surface area contributed by atoms with E-state index in [1.54, 1.807) is 0 Å². The first-order chi connectivity index (χ1) is 41.8. The van der Waals surface area contributed by atoms with E-state index >= 15 is 0 Å². The van der Waals surface area contributed by atoms with Crippen molar-refractivity contribution in [2.75, 3.05) is 14.7 Å². The number of aromatic nitrogens is 1. The van der Waals surface area contributed by atoms with Gasteiger partial charge < -0.3 is 23.7 Å². The van der Waals surface area contributed by atoms with Crippen LogP contribution in [0.4, 0.5) is 51.2 Å². The predicted octanol–water partition coefficient (Wildman–Crippen LogP) is 20.7. The van der Waals surface area contributed by atoms with Gasteiger partial charge in [-0.1, -0.05) is 172 Å². The fourth-order valence-electron chi connectivity index (χ4n) is 14.3. The van der Waals surface area contributed by atoms with Crippen LogP contribution in [0.3, 0.4) is 0 Å². The van der Waals surface area contributed by atoms with Crippen LogP contribution >= 0.6 is 0 Å². The number of benzene rings is 11. The SMILES string of the molecule is Cc1cc2c3c(c1)N(c1cc(C)c(-c4ccc5c(c4)oc4ccccc45)c(C)c1)c1cc(C(C)(C)C)ccc1B3c1ccc(N(c3ccc(C(C)(C)C)cc3)c3ccc4c5ccccc5n(-c5ccccc5)c4c3)cc1N2c1ccc(C(C)(C)C)cc1. The molecule has 0 atom stereocenters. The number of furan rings is 1. The summed E-state index contributed by atoms with van der Waals surface area (Å²) in [4.78, 5) is 7.64. The zero-order chi connectivity index (χ0) is 60.0. The first-order valence-electron chi connectivity index (χ1n) is 30.9. The zero-order valence-corrected chi connectivity index (χ0v) is 52.1. The average Bonchev–Trinajstić information content (AvgIpc) is 1.42. The quantitative estimate of drug-likeness (QED) is 0.149. The normalized spacial score (nSPS) is 13.2. The highest BCUT2D eigenvalue weighted by Gasteiger charge is 2.44. The van der Waals surface area contributed by atoms with E-state index in [0.29, 0.717) is 0 Å². The van der Waals surface area contributed by atoms with Crippen molar-refractivity contribution in [2.24, 2.45) is 0 Å². The van der Waals surface area contributed by atoms with E-state index < -0.39 is 0 Å². The van der Waals surface area contributed by atoms with Crippen LogP contribution in [0.25, 0.3) is 60.6 Å². The highest BCUT2D eigenvalue weighted by molar-refractivity contribution is 7.00. The van der Waals surface area contributed by atoms with Gasteiger partial charge in [0, 0.05) is 78.4 Å². The molecule has 0 aliphatic carbocycles. The molecule has 0 amide bonds. The number of aryl methyl sites for hydroxylation is 3. The molecule has 2 aliphatic rings. The highest BCUT2D eigenvalue weighted by atomic mass is 16.3.